The molecule has 0 aliphatic carbocycles. The normalized spacial score (nSPS) is 12.2. The standard InChI is InChI=1S/C8H15NO3/c1-4-5-7(10)6-8(11)9(2)12-3/h4,7,10H,1,5-6H2,2-3H3/t7-/m1/s1. The van der Waals surface area contributed by atoms with Crippen molar-refractivity contribution < 1.29 is 14.7 Å². The molecule has 0 unspecified atom stereocenters. The van der Waals surface area contributed by atoms with Gasteiger partial charge in [0.05, 0.1) is 19.6 Å². The van der Waals surface area contributed by atoms with Gasteiger partial charge in [-0.3, -0.25) is 9.63 Å². The largest absolute Gasteiger partial charge is 0.392 e. The fourth-order valence-corrected chi connectivity index (χ4v) is 0.708. The molecule has 12 heavy (non-hydrogen) atoms. The average Bonchev–Trinajstić information content (AvgIpc) is 2.03. The predicted octanol–water partition coefficient (Wildman–Crippen LogP) is 0.333. The summed E-state index contributed by atoms with van der Waals surface area (Å²) in [7, 11) is 2.90. The van der Waals surface area contributed by atoms with Gasteiger partial charge in [0, 0.05) is 7.05 Å². The van der Waals surface area contributed by atoms with E-state index in [2.05, 4.69) is 11.4 Å². The molecule has 0 fully saturated rings. The van der Waals surface area contributed by atoms with E-state index in [1.165, 1.54) is 14.2 Å². The molecule has 0 saturated heterocycles. The summed E-state index contributed by atoms with van der Waals surface area (Å²) in [5.41, 5.74) is 0. The van der Waals surface area contributed by atoms with Gasteiger partial charge in [-0.05, 0) is 6.42 Å². The van der Waals surface area contributed by atoms with Gasteiger partial charge in [-0.1, -0.05) is 6.08 Å². The Balaban J connectivity index is 3.75. The maximum absolute atomic E-state index is 11.1. The first-order chi connectivity index (χ1) is 5.61. The number of aliphatic hydroxyl groups excluding tert-OH is 1. The average molecular weight is 173 g/mol. The van der Waals surface area contributed by atoms with Crippen molar-refractivity contribution in [3.05, 3.63) is 12.7 Å². The van der Waals surface area contributed by atoms with Gasteiger partial charge in [0.1, 0.15) is 0 Å². The first kappa shape index (κ1) is 11.1. The van der Waals surface area contributed by atoms with E-state index in [0.29, 0.717) is 6.42 Å². The molecule has 0 heterocycles. The summed E-state index contributed by atoms with van der Waals surface area (Å²) in [5.74, 6) is -0.244. The van der Waals surface area contributed by atoms with Crippen molar-refractivity contribution in [3.63, 3.8) is 0 Å². The number of hydrogen-bond acceptors (Lipinski definition) is 3. The van der Waals surface area contributed by atoms with Crippen molar-refractivity contribution in [2.75, 3.05) is 14.2 Å². The Morgan fingerprint density at radius 3 is 2.83 bits per heavy atom. The summed E-state index contributed by atoms with van der Waals surface area (Å²) in [6.45, 7) is 3.46. The monoisotopic (exact) mass is 173 g/mol. The number of hydroxylamine groups is 2. The van der Waals surface area contributed by atoms with Crippen LogP contribution in [-0.4, -0.2) is 36.3 Å². The third-order valence-corrected chi connectivity index (χ3v) is 1.47. The molecule has 0 aromatic rings. The highest BCUT2D eigenvalue weighted by atomic mass is 16.7. The first-order valence-electron chi connectivity index (χ1n) is 3.71. The maximum Gasteiger partial charge on any atom is 0.248 e. The molecular formula is C8H15NO3. The van der Waals surface area contributed by atoms with Crippen LogP contribution in [0.3, 0.4) is 0 Å². The van der Waals surface area contributed by atoms with E-state index in [9.17, 15) is 9.90 Å². The second kappa shape index (κ2) is 5.74. The summed E-state index contributed by atoms with van der Waals surface area (Å²) < 4.78 is 0. The molecule has 0 aliphatic heterocycles. The second-order valence-corrected chi connectivity index (χ2v) is 2.46. The van der Waals surface area contributed by atoms with Crippen LogP contribution < -0.4 is 0 Å². The molecular weight excluding hydrogens is 158 g/mol. The van der Waals surface area contributed by atoms with Crippen LogP contribution in [0.4, 0.5) is 0 Å². The maximum atomic E-state index is 11.1. The van der Waals surface area contributed by atoms with Crippen LogP contribution in [0.1, 0.15) is 12.8 Å². The van der Waals surface area contributed by atoms with Gasteiger partial charge in [-0.25, -0.2) is 5.06 Å². The highest BCUT2D eigenvalue weighted by molar-refractivity contribution is 5.75. The van der Waals surface area contributed by atoms with Crippen molar-refractivity contribution in [2.45, 2.75) is 18.9 Å². The molecule has 0 saturated carbocycles. The SMILES string of the molecule is C=CC[C@@H](O)CC(=O)N(C)OC. The Bertz CT molecular complexity index is 158. The summed E-state index contributed by atoms with van der Waals surface area (Å²) >= 11 is 0. The van der Waals surface area contributed by atoms with E-state index in [0.717, 1.165) is 5.06 Å². The van der Waals surface area contributed by atoms with Crippen molar-refractivity contribution in [3.8, 4) is 0 Å². The molecule has 0 bridgehead atoms. The van der Waals surface area contributed by atoms with Gasteiger partial charge in [0.2, 0.25) is 5.91 Å². The molecule has 4 heteroatoms. The third kappa shape index (κ3) is 4.10. The second-order valence-electron chi connectivity index (χ2n) is 2.46. The van der Waals surface area contributed by atoms with Crippen LogP contribution in [-0.2, 0) is 9.63 Å². The van der Waals surface area contributed by atoms with Gasteiger partial charge in [0.15, 0.2) is 0 Å². The quantitative estimate of drug-likeness (QED) is 0.481. The van der Waals surface area contributed by atoms with Crippen LogP contribution in [0, 0.1) is 0 Å². The number of amides is 1. The lowest BCUT2D eigenvalue weighted by atomic mass is 10.2. The van der Waals surface area contributed by atoms with Crippen LogP contribution in [0.15, 0.2) is 12.7 Å². The summed E-state index contributed by atoms with van der Waals surface area (Å²) in [6, 6.07) is 0. The van der Waals surface area contributed by atoms with Gasteiger partial charge in [-0.2, -0.15) is 0 Å². The first-order valence-corrected chi connectivity index (χ1v) is 3.71. The van der Waals surface area contributed by atoms with Crippen molar-refractivity contribution in [1.29, 1.82) is 0 Å². The van der Waals surface area contributed by atoms with E-state index >= 15 is 0 Å². The molecule has 4 nitrogen and oxygen atoms in total. The zero-order valence-corrected chi connectivity index (χ0v) is 7.49. The third-order valence-electron chi connectivity index (χ3n) is 1.47. The Kier molecular flexibility index (Phi) is 5.32. The van der Waals surface area contributed by atoms with Gasteiger partial charge in [0.25, 0.3) is 0 Å². The lowest BCUT2D eigenvalue weighted by Crippen LogP contribution is -2.28. The summed E-state index contributed by atoms with van der Waals surface area (Å²) in [5, 5.41) is 10.3. The predicted molar refractivity (Wildman–Crippen MR) is 45.2 cm³/mol. The minimum absolute atomic E-state index is 0.0658. The number of aliphatic hydroxyl groups is 1. The summed E-state index contributed by atoms with van der Waals surface area (Å²) in [6.07, 6.45) is 1.40. The number of rotatable bonds is 5. The molecule has 1 N–H and O–H groups in total. The number of carbonyl (C=O) groups excluding carboxylic acids is 1. The van der Waals surface area contributed by atoms with Crippen LogP contribution in [0.2, 0.25) is 0 Å². The highest BCUT2D eigenvalue weighted by Gasteiger charge is 2.12. The fraction of sp³-hybridized carbons (Fsp3) is 0.625. The molecule has 0 spiro atoms. The van der Waals surface area contributed by atoms with E-state index in [-0.39, 0.29) is 12.3 Å². The zero-order valence-electron chi connectivity index (χ0n) is 7.49. The van der Waals surface area contributed by atoms with Crippen LogP contribution >= 0.6 is 0 Å². The van der Waals surface area contributed by atoms with Gasteiger partial charge < -0.3 is 5.11 Å². The van der Waals surface area contributed by atoms with E-state index in [1.54, 1.807) is 6.08 Å². The molecule has 0 aromatic heterocycles. The molecule has 0 aromatic carbocycles. The molecule has 0 radical (unpaired) electrons. The Labute approximate surface area is 72.4 Å². The van der Waals surface area contributed by atoms with Crippen molar-refractivity contribution in [2.24, 2.45) is 0 Å². The lowest BCUT2D eigenvalue weighted by molar-refractivity contribution is -0.170. The van der Waals surface area contributed by atoms with Gasteiger partial charge in [-0.15, -0.1) is 6.58 Å². The van der Waals surface area contributed by atoms with E-state index in [4.69, 9.17) is 0 Å². The van der Waals surface area contributed by atoms with E-state index < -0.39 is 6.10 Å². The minimum atomic E-state index is -0.660. The molecule has 0 aliphatic rings. The molecule has 1 atom stereocenters. The number of hydrogen-bond donors (Lipinski definition) is 1. The minimum Gasteiger partial charge on any atom is -0.392 e. The smallest absolute Gasteiger partial charge is 0.248 e. The number of nitrogens with zero attached hydrogens (tertiary/aromatic N) is 1. The highest BCUT2D eigenvalue weighted by Crippen LogP contribution is 2.01. The molecule has 70 valence electrons. The molecule has 1 amide bonds. The fourth-order valence-electron chi connectivity index (χ4n) is 0.708. The van der Waals surface area contributed by atoms with Crippen LogP contribution in [0.5, 0.6) is 0 Å². The van der Waals surface area contributed by atoms with Crippen molar-refractivity contribution >= 4 is 5.91 Å². The van der Waals surface area contributed by atoms with Gasteiger partial charge >= 0.3 is 0 Å². The Hall–Kier alpha value is -0.870. The number of carbonyl (C=O) groups is 1. The topological polar surface area (TPSA) is 49.8 Å². The molecule has 0 rings (SSSR count). The summed E-state index contributed by atoms with van der Waals surface area (Å²) in [4.78, 5) is 15.7. The van der Waals surface area contributed by atoms with Crippen LogP contribution in [0.25, 0.3) is 0 Å². The lowest BCUT2D eigenvalue weighted by Gasteiger charge is -2.15. The zero-order chi connectivity index (χ0) is 9.56. The Morgan fingerprint density at radius 1 is 1.83 bits per heavy atom. The Morgan fingerprint density at radius 2 is 2.42 bits per heavy atom. The van der Waals surface area contributed by atoms with Crippen molar-refractivity contribution in [1.82, 2.24) is 5.06 Å². The van der Waals surface area contributed by atoms with E-state index in [1.807, 2.05) is 0 Å².